The highest BCUT2D eigenvalue weighted by molar-refractivity contribution is 5.82. The lowest BCUT2D eigenvalue weighted by molar-refractivity contribution is -0.139. The van der Waals surface area contributed by atoms with Gasteiger partial charge in [0.05, 0.1) is 6.61 Å². The van der Waals surface area contributed by atoms with Gasteiger partial charge >= 0.3 is 12.0 Å². The normalized spacial score (nSPS) is 14.1. The predicted octanol–water partition coefficient (Wildman–Crippen LogP) is 1.07. The van der Waals surface area contributed by atoms with Gasteiger partial charge in [0.2, 0.25) is 0 Å². The van der Waals surface area contributed by atoms with Crippen molar-refractivity contribution in [3.8, 4) is 0 Å². The molecule has 0 saturated heterocycles. The predicted molar refractivity (Wildman–Crippen MR) is 68.5 cm³/mol. The number of urea groups is 1. The number of carboxylic acid groups (broad SMARTS) is 1. The highest BCUT2D eigenvalue weighted by Gasteiger charge is 2.20. The molecule has 0 radical (unpaired) electrons. The number of amides is 2. The quantitative estimate of drug-likeness (QED) is 0.609. The van der Waals surface area contributed by atoms with Crippen molar-refractivity contribution in [3.05, 3.63) is 0 Å². The zero-order valence-corrected chi connectivity index (χ0v) is 11.5. The first-order valence-electron chi connectivity index (χ1n) is 6.12. The van der Waals surface area contributed by atoms with E-state index in [9.17, 15) is 9.59 Å². The van der Waals surface area contributed by atoms with Crippen LogP contribution in [-0.2, 0) is 9.53 Å². The Balaban J connectivity index is 4.06. The summed E-state index contributed by atoms with van der Waals surface area (Å²) >= 11 is 0. The number of carboxylic acids is 1. The van der Waals surface area contributed by atoms with Crippen LogP contribution in [0.2, 0.25) is 0 Å². The second kappa shape index (κ2) is 8.74. The highest BCUT2D eigenvalue weighted by Crippen LogP contribution is 2.04. The Labute approximate surface area is 108 Å². The summed E-state index contributed by atoms with van der Waals surface area (Å²) in [6.45, 7) is 6.77. The van der Waals surface area contributed by atoms with Crippen molar-refractivity contribution in [1.29, 1.82) is 0 Å². The van der Waals surface area contributed by atoms with Gasteiger partial charge in [0.15, 0.2) is 0 Å². The minimum absolute atomic E-state index is 0.189. The van der Waals surface area contributed by atoms with Crippen LogP contribution in [0.5, 0.6) is 0 Å². The van der Waals surface area contributed by atoms with Crippen LogP contribution in [0, 0.1) is 11.8 Å². The molecule has 3 N–H and O–H groups in total. The molecule has 0 rings (SSSR count). The molecule has 18 heavy (non-hydrogen) atoms. The molecule has 6 heteroatoms. The summed E-state index contributed by atoms with van der Waals surface area (Å²) in [7, 11) is 1.60. The average Bonchev–Trinajstić information content (AvgIpc) is 2.25. The maximum atomic E-state index is 11.5. The Kier molecular flexibility index (Phi) is 8.11. The fraction of sp³-hybridized carbons (Fsp3) is 0.833. The van der Waals surface area contributed by atoms with Crippen molar-refractivity contribution < 1.29 is 19.4 Å². The Morgan fingerprint density at radius 3 is 2.33 bits per heavy atom. The molecule has 2 atom stereocenters. The molecule has 0 aromatic rings. The van der Waals surface area contributed by atoms with E-state index in [4.69, 9.17) is 9.84 Å². The maximum Gasteiger partial charge on any atom is 0.326 e. The van der Waals surface area contributed by atoms with Crippen molar-refractivity contribution in [3.63, 3.8) is 0 Å². The van der Waals surface area contributed by atoms with Gasteiger partial charge in [-0.2, -0.15) is 0 Å². The number of methoxy groups -OCH3 is 1. The average molecular weight is 260 g/mol. The molecule has 0 heterocycles. The van der Waals surface area contributed by atoms with E-state index < -0.39 is 18.0 Å². The monoisotopic (exact) mass is 260 g/mol. The number of hydrogen-bond acceptors (Lipinski definition) is 3. The van der Waals surface area contributed by atoms with E-state index in [0.29, 0.717) is 19.6 Å². The fourth-order valence-corrected chi connectivity index (χ4v) is 1.51. The van der Waals surface area contributed by atoms with E-state index in [1.807, 2.05) is 20.8 Å². The summed E-state index contributed by atoms with van der Waals surface area (Å²) in [5.74, 6) is -0.614. The molecule has 0 aliphatic heterocycles. The Morgan fingerprint density at radius 1 is 1.28 bits per heavy atom. The number of ether oxygens (including phenoxy) is 1. The zero-order valence-electron chi connectivity index (χ0n) is 11.5. The molecule has 0 aromatic carbocycles. The number of carbonyl (C=O) groups excluding carboxylic acids is 1. The van der Waals surface area contributed by atoms with Crippen LogP contribution in [0.3, 0.4) is 0 Å². The van der Waals surface area contributed by atoms with E-state index in [0.717, 1.165) is 0 Å². The Hall–Kier alpha value is -1.30. The molecule has 6 nitrogen and oxygen atoms in total. The number of hydrogen-bond donors (Lipinski definition) is 3. The maximum absolute atomic E-state index is 11.5. The molecule has 2 unspecified atom stereocenters. The first kappa shape index (κ1) is 16.7. The lowest BCUT2D eigenvalue weighted by atomic mass is 10.0. The second-order valence-electron chi connectivity index (χ2n) is 4.94. The lowest BCUT2D eigenvalue weighted by Gasteiger charge is -2.18. The molecular weight excluding hydrogens is 236 g/mol. The number of rotatable bonds is 8. The van der Waals surface area contributed by atoms with E-state index in [2.05, 4.69) is 10.6 Å². The van der Waals surface area contributed by atoms with E-state index in [-0.39, 0.29) is 11.8 Å². The topological polar surface area (TPSA) is 87.7 Å². The smallest absolute Gasteiger partial charge is 0.326 e. The molecule has 0 aromatic heterocycles. The molecule has 0 bridgehead atoms. The fourth-order valence-electron chi connectivity index (χ4n) is 1.51. The van der Waals surface area contributed by atoms with Crippen molar-refractivity contribution >= 4 is 12.0 Å². The molecular formula is C12H24N2O4. The van der Waals surface area contributed by atoms with Gasteiger partial charge in [-0.15, -0.1) is 0 Å². The third kappa shape index (κ3) is 7.89. The van der Waals surface area contributed by atoms with Crippen LogP contribution in [0.15, 0.2) is 0 Å². The summed E-state index contributed by atoms with van der Waals surface area (Å²) in [5, 5.41) is 14.1. The largest absolute Gasteiger partial charge is 0.480 e. The first-order valence-corrected chi connectivity index (χ1v) is 6.12. The van der Waals surface area contributed by atoms with E-state index >= 15 is 0 Å². The van der Waals surface area contributed by atoms with Crippen molar-refractivity contribution in [2.75, 3.05) is 20.3 Å². The minimum Gasteiger partial charge on any atom is -0.480 e. The van der Waals surface area contributed by atoms with Crippen LogP contribution in [0.1, 0.15) is 27.2 Å². The van der Waals surface area contributed by atoms with Crippen LogP contribution < -0.4 is 10.6 Å². The number of nitrogens with one attached hydrogen (secondary N) is 2. The summed E-state index contributed by atoms with van der Waals surface area (Å²) in [6, 6.07) is -1.30. The summed E-state index contributed by atoms with van der Waals surface area (Å²) in [6.07, 6.45) is 0.413. The van der Waals surface area contributed by atoms with Gasteiger partial charge in [-0.3, -0.25) is 0 Å². The van der Waals surface area contributed by atoms with Gasteiger partial charge in [0, 0.05) is 13.7 Å². The van der Waals surface area contributed by atoms with Crippen LogP contribution >= 0.6 is 0 Å². The van der Waals surface area contributed by atoms with Gasteiger partial charge in [-0.05, 0) is 18.3 Å². The van der Waals surface area contributed by atoms with Crippen molar-refractivity contribution in [2.24, 2.45) is 11.8 Å². The SMILES string of the molecule is COCC(C)CNC(=O)NC(CC(C)C)C(=O)O. The standard InChI is InChI=1S/C12H24N2O4/c1-8(2)5-10(11(15)16)14-12(17)13-6-9(3)7-18-4/h8-10H,5-7H2,1-4H3,(H,15,16)(H2,13,14,17). The Morgan fingerprint density at radius 2 is 1.89 bits per heavy atom. The Bertz CT molecular complexity index is 269. The van der Waals surface area contributed by atoms with Gasteiger partial charge in [-0.25, -0.2) is 9.59 Å². The van der Waals surface area contributed by atoms with Crippen molar-refractivity contribution in [1.82, 2.24) is 10.6 Å². The van der Waals surface area contributed by atoms with E-state index in [1.54, 1.807) is 7.11 Å². The molecule has 2 amide bonds. The molecule has 0 fully saturated rings. The lowest BCUT2D eigenvalue weighted by Crippen LogP contribution is -2.47. The summed E-state index contributed by atoms with van der Waals surface area (Å²) in [4.78, 5) is 22.5. The molecule has 0 spiro atoms. The van der Waals surface area contributed by atoms with Crippen LogP contribution in [0.4, 0.5) is 4.79 Å². The molecule has 0 aliphatic carbocycles. The van der Waals surface area contributed by atoms with Crippen molar-refractivity contribution in [2.45, 2.75) is 33.2 Å². The third-order valence-corrected chi connectivity index (χ3v) is 2.37. The number of carbonyl (C=O) groups is 2. The second-order valence-corrected chi connectivity index (χ2v) is 4.94. The molecule has 106 valence electrons. The minimum atomic E-state index is -1.01. The summed E-state index contributed by atoms with van der Waals surface area (Å²) in [5.41, 5.74) is 0. The van der Waals surface area contributed by atoms with Crippen LogP contribution in [0.25, 0.3) is 0 Å². The highest BCUT2D eigenvalue weighted by atomic mass is 16.5. The van der Waals surface area contributed by atoms with Gasteiger partial charge < -0.3 is 20.5 Å². The zero-order chi connectivity index (χ0) is 14.1. The molecule has 0 saturated carbocycles. The third-order valence-electron chi connectivity index (χ3n) is 2.37. The van der Waals surface area contributed by atoms with Gasteiger partial charge in [0.1, 0.15) is 6.04 Å². The van der Waals surface area contributed by atoms with Crippen LogP contribution in [-0.4, -0.2) is 43.4 Å². The summed E-state index contributed by atoms with van der Waals surface area (Å²) < 4.78 is 4.94. The van der Waals surface area contributed by atoms with E-state index in [1.165, 1.54) is 0 Å². The number of aliphatic carboxylic acids is 1. The molecule has 0 aliphatic rings. The van der Waals surface area contributed by atoms with Gasteiger partial charge in [-0.1, -0.05) is 20.8 Å². The van der Waals surface area contributed by atoms with Gasteiger partial charge in [0.25, 0.3) is 0 Å². The first-order chi connectivity index (χ1) is 8.36.